The van der Waals surface area contributed by atoms with Gasteiger partial charge in [-0.25, -0.2) is 4.98 Å². The van der Waals surface area contributed by atoms with Crippen molar-refractivity contribution in [2.75, 3.05) is 13.2 Å². The van der Waals surface area contributed by atoms with Crippen LogP contribution in [0.2, 0.25) is 4.34 Å². The summed E-state index contributed by atoms with van der Waals surface area (Å²) in [6, 6.07) is 0. The van der Waals surface area contributed by atoms with Crippen molar-refractivity contribution in [2.24, 2.45) is 0 Å². The minimum atomic E-state index is 0.0936. The first kappa shape index (κ1) is 11.3. The second kappa shape index (κ2) is 4.78. The molecule has 3 nitrogen and oxygen atoms in total. The molecule has 0 aromatic carbocycles. The third-order valence-electron chi connectivity index (χ3n) is 2.63. The van der Waals surface area contributed by atoms with E-state index in [9.17, 15) is 0 Å². The number of hydrogen-bond acceptors (Lipinski definition) is 4. The fourth-order valence-electron chi connectivity index (χ4n) is 1.73. The van der Waals surface area contributed by atoms with Gasteiger partial charge in [-0.3, -0.25) is 0 Å². The lowest BCUT2D eigenvalue weighted by Crippen LogP contribution is -2.48. The molecule has 1 unspecified atom stereocenters. The van der Waals surface area contributed by atoms with Gasteiger partial charge in [0.1, 0.15) is 9.34 Å². The van der Waals surface area contributed by atoms with Gasteiger partial charge in [-0.1, -0.05) is 11.6 Å². The van der Waals surface area contributed by atoms with Gasteiger partial charge in [0.2, 0.25) is 0 Å². The van der Waals surface area contributed by atoms with Crippen LogP contribution >= 0.6 is 22.9 Å². The van der Waals surface area contributed by atoms with E-state index in [1.165, 1.54) is 11.3 Å². The van der Waals surface area contributed by atoms with Crippen LogP contribution in [0.4, 0.5) is 0 Å². The second-order valence-corrected chi connectivity index (χ2v) is 5.87. The van der Waals surface area contributed by atoms with E-state index in [0.29, 0.717) is 0 Å². The predicted molar refractivity (Wildman–Crippen MR) is 62.4 cm³/mol. The number of halogens is 1. The summed E-state index contributed by atoms with van der Waals surface area (Å²) in [6.45, 7) is 4.64. The van der Waals surface area contributed by atoms with Gasteiger partial charge in [-0.2, -0.15) is 0 Å². The van der Waals surface area contributed by atoms with Gasteiger partial charge < -0.3 is 10.1 Å². The highest BCUT2D eigenvalue weighted by Gasteiger charge is 2.26. The molecular weight excluding hydrogens is 232 g/mol. The fourth-order valence-corrected chi connectivity index (χ4v) is 2.63. The molecule has 0 amide bonds. The Balaban J connectivity index is 1.86. The summed E-state index contributed by atoms with van der Waals surface area (Å²) >= 11 is 7.35. The number of nitrogens with zero attached hydrogens (tertiary/aromatic N) is 1. The summed E-state index contributed by atoms with van der Waals surface area (Å²) < 4.78 is 6.22. The van der Waals surface area contributed by atoms with Crippen molar-refractivity contribution in [3.05, 3.63) is 15.5 Å². The van der Waals surface area contributed by atoms with Crippen LogP contribution in [-0.4, -0.2) is 23.7 Å². The third kappa shape index (κ3) is 3.14. The maximum atomic E-state index is 5.82. The Bertz CT molecular complexity index is 323. The molecule has 2 rings (SSSR count). The van der Waals surface area contributed by atoms with Crippen molar-refractivity contribution < 1.29 is 4.74 Å². The van der Waals surface area contributed by atoms with Gasteiger partial charge in [0, 0.05) is 18.7 Å². The molecular formula is C10H15ClN2OS. The molecule has 1 atom stereocenters. The normalized spacial score (nSPS) is 26.8. The molecule has 1 N–H and O–H groups in total. The lowest BCUT2D eigenvalue weighted by Gasteiger charge is -2.34. The molecule has 0 radical (unpaired) electrons. The van der Waals surface area contributed by atoms with E-state index in [1.54, 1.807) is 6.20 Å². The average molecular weight is 247 g/mol. The zero-order valence-corrected chi connectivity index (χ0v) is 10.3. The van der Waals surface area contributed by atoms with Gasteiger partial charge in [-0.15, -0.1) is 11.3 Å². The third-order valence-corrected chi connectivity index (χ3v) is 3.74. The minimum absolute atomic E-state index is 0.0936. The summed E-state index contributed by atoms with van der Waals surface area (Å²) in [6.07, 6.45) is 3.98. The van der Waals surface area contributed by atoms with Crippen molar-refractivity contribution in [1.29, 1.82) is 0 Å². The van der Waals surface area contributed by atoms with Gasteiger partial charge in [0.05, 0.1) is 12.8 Å². The topological polar surface area (TPSA) is 34.2 Å². The zero-order chi connectivity index (χ0) is 10.7. The van der Waals surface area contributed by atoms with Gasteiger partial charge in [-0.05, 0) is 19.8 Å². The maximum absolute atomic E-state index is 5.82. The fraction of sp³-hybridized carbons (Fsp3) is 0.700. The largest absolute Gasteiger partial charge is 0.380 e. The first-order valence-electron chi connectivity index (χ1n) is 5.11. The van der Waals surface area contributed by atoms with Crippen LogP contribution in [0.25, 0.3) is 0 Å². The molecule has 0 spiro atoms. The van der Waals surface area contributed by atoms with E-state index in [0.717, 1.165) is 41.9 Å². The van der Waals surface area contributed by atoms with Gasteiger partial charge in [0.25, 0.3) is 0 Å². The summed E-state index contributed by atoms with van der Waals surface area (Å²) in [5.74, 6) is 0. The number of thiazole rings is 1. The van der Waals surface area contributed by atoms with Crippen molar-refractivity contribution in [1.82, 2.24) is 10.3 Å². The molecule has 0 aliphatic carbocycles. The molecule has 2 heterocycles. The lowest BCUT2D eigenvalue weighted by atomic mass is 9.95. The Morgan fingerprint density at radius 2 is 2.60 bits per heavy atom. The monoisotopic (exact) mass is 246 g/mol. The lowest BCUT2D eigenvalue weighted by molar-refractivity contribution is 0.0278. The first-order chi connectivity index (χ1) is 7.18. The van der Waals surface area contributed by atoms with E-state index in [1.807, 2.05) is 0 Å². The Labute approximate surface area is 98.8 Å². The van der Waals surface area contributed by atoms with Crippen molar-refractivity contribution in [3.63, 3.8) is 0 Å². The molecule has 84 valence electrons. The SMILES string of the molecule is CC1(NCc2ncc(Cl)s2)CCCOC1. The number of hydrogen-bond donors (Lipinski definition) is 1. The Morgan fingerprint density at radius 1 is 1.73 bits per heavy atom. The van der Waals surface area contributed by atoms with E-state index in [4.69, 9.17) is 16.3 Å². The number of nitrogens with one attached hydrogen (secondary N) is 1. The molecule has 1 aliphatic rings. The molecule has 1 aromatic heterocycles. The smallest absolute Gasteiger partial charge is 0.113 e. The van der Waals surface area contributed by atoms with Crippen molar-refractivity contribution in [3.8, 4) is 0 Å². The molecule has 1 saturated heterocycles. The quantitative estimate of drug-likeness (QED) is 0.890. The highest BCUT2D eigenvalue weighted by Crippen LogP contribution is 2.21. The van der Waals surface area contributed by atoms with Gasteiger partial charge >= 0.3 is 0 Å². The van der Waals surface area contributed by atoms with Crippen LogP contribution in [0.15, 0.2) is 6.20 Å². The van der Waals surface area contributed by atoms with Crippen LogP contribution in [0.1, 0.15) is 24.8 Å². The van der Waals surface area contributed by atoms with Crippen molar-refractivity contribution >= 4 is 22.9 Å². The Hall–Kier alpha value is -0.160. The molecule has 0 saturated carbocycles. The van der Waals surface area contributed by atoms with Crippen molar-refractivity contribution in [2.45, 2.75) is 31.8 Å². The molecule has 5 heteroatoms. The Kier molecular flexibility index (Phi) is 3.61. The van der Waals surface area contributed by atoms with Crippen LogP contribution in [0, 0.1) is 0 Å². The molecule has 0 bridgehead atoms. The van der Waals surface area contributed by atoms with Crippen LogP contribution < -0.4 is 5.32 Å². The minimum Gasteiger partial charge on any atom is -0.380 e. The number of rotatable bonds is 3. The molecule has 1 aliphatic heterocycles. The highest BCUT2D eigenvalue weighted by atomic mass is 35.5. The highest BCUT2D eigenvalue weighted by molar-refractivity contribution is 7.15. The summed E-state index contributed by atoms with van der Waals surface area (Å²) in [4.78, 5) is 4.21. The second-order valence-electron chi connectivity index (χ2n) is 4.13. The molecule has 15 heavy (non-hydrogen) atoms. The zero-order valence-electron chi connectivity index (χ0n) is 8.75. The van der Waals surface area contributed by atoms with Crippen LogP contribution in [-0.2, 0) is 11.3 Å². The van der Waals surface area contributed by atoms with E-state index < -0.39 is 0 Å². The predicted octanol–water partition coefficient (Wildman–Crippen LogP) is 2.46. The molecule has 1 aromatic rings. The maximum Gasteiger partial charge on any atom is 0.113 e. The summed E-state index contributed by atoms with van der Waals surface area (Å²) in [5, 5.41) is 4.53. The number of aromatic nitrogens is 1. The van der Waals surface area contributed by atoms with Crippen LogP contribution in [0.3, 0.4) is 0 Å². The summed E-state index contributed by atoms with van der Waals surface area (Å²) in [7, 11) is 0. The Morgan fingerprint density at radius 3 is 3.20 bits per heavy atom. The van der Waals surface area contributed by atoms with Crippen LogP contribution in [0.5, 0.6) is 0 Å². The standard InChI is InChI=1S/C10H15ClN2OS/c1-10(3-2-4-14-7-10)13-6-9-12-5-8(11)15-9/h5,13H,2-4,6-7H2,1H3. The van der Waals surface area contributed by atoms with Gasteiger partial charge in [0.15, 0.2) is 0 Å². The average Bonchev–Trinajstić information content (AvgIpc) is 2.63. The summed E-state index contributed by atoms with van der Waals surface area (Å²) in [5.41, 5.74) is 0.0936. The van der Waals surface area contributed by atoms with E-state index in [2.05, 4.69) is 17.2 Å². The molecule has 1 fully saturated rings. The van der Waals surface area contributed by atoms with E-state index in [-0.39, 0.29) is 5.54 Å². The number of ether oxygens (including phenoxy) is 1. The first-order valence-corrected chi connectivity index (χ1v) is 6.30. The van der Waals surface area contributed by atoms with E-state index >= 15 is 0 Å².